The lowest BCUT2D eigenvalue weighted by molar-refractivity contribution is 0.116. The normalized spacial score (nSPS) is 19.8. The van der Waals surface area contributed by atoms with Gasteiger partial charge in [0.05, 0.1) is 5.52 Å². The number of nitrogens with one attached hydrogen (secondary N) is 1. The van der Waals surface area contributed by atoms with Crippen LogP contribution >= 0.6 is 0 Å². The zero-order valence-corrected chi connectivity index (χ0v) is 12.5. The number of likely N-dealkylation sites (tertiary alicyclic amines) is 1. The van der Waals surface area contributed by atoms with Gasteiger partial charge in [-0.1, -0.05) is 18.2 Å². The first-order valence-corrected chi connectivity index (χ1v) is 7.70. The average molecular weight is 285 g/mol. The number of nitrogens with zero attached hydrogens (tertiary/aromatic N) is 2. The third-order valence-electron chi connectivity index (χ3n) is 4.29. The van der Waals surface area contributed by atoms with E-state index in [1.165, 1.54) is 17.4 Å². The number of aliphatic hydroxyl groups is 1. The first kappa shape index (κ1) is 14.3. The summed E-state index contributed by atoms with van der Waals surface area (Å²) in [5, 5.41) is 13.8. The molecular formula is C17H23N3O. The molecule has 21 heavy (non-hydrogen) atoms. The summed E-state index contributed by atoms with van der Waals surface area (Å²) in [5.74, 6) is 1.38. The Labute approximate surface area is 125 Å². The maximum Gasteiger partial charge on any atom is 0.130 e. The number of piperidine rings is 1. The molecule has 1 aromatic carbocycles. The number of hydrogen-bond donors (Lipinski definition) is 2. The Kier molecular flexibility index (Phi) is 4.36. The number of hydrogen-bond acceptors (Lipinski definition) is 4. The van der Waals surface area contributed by atoms with E-state index in [0.717, 1.165) is 37.4 Å². The summed E-state index contributed by atoms with van der Waals surface area (Å²) >= 11 is 0. The predicted octanol–water partition coefficient (Wildman–Crippen LogP) is 2.48. The Morgan fingerprint density at radius 1 is 1.38 bits per heavy atom. The van der Waals surface area contributed by atoms with Crippen molar-refractivity contribution in [3.05, 3.63) is 35.9 Å². The van der Waals surface area contributed by atoms with E-state index in [9.17, 15) is 5.11 Å². The highest BCUT2D eigenvalue weighted by atomic mass is 16.3. The van der Waals surface area contributed by atoms with Crippen LogP contribution in [0.25, 0.3) is 10.9 Å². The van der Waals surface area contributed by atoms with Crippen LogP contribution in [0.1, 0.15) is 18.4 Å². The number of rotatable bonds is 4. The smallest absolute Gasteiger partial charge is 0.130 e. The van der Waals surface area contributed by atoms with Crippen LogP contribution in [0, 0.1) is 5.92 Å². The zero-order valence-electron chi connectivity index (χ0n) is 12.5. The molecule has 1 aromatic heterocycles. The van der Waals surface area contributed by atoms with E-state index in [1.807, 2.05) is 19.2 Å². The van der Waals surface area contributed by atoms with Crippen molar-refractivity contribution in [1.29, 1.82) is 0 Å². The molecule has 0 spiro atoms. The standard InChI is InChI=1S/C17H23N3O/c1-18-17-15(9-14-6-2-3-7-16(14)19-17)11-20-8-4-5-13(10-20)12-21/h2-3,6-7,9,13,21H,4-5,8,10-12H2,1H3,(H,18,19). The minimum absolute atomic E-state index is 0.297. The average Bonchev–Trinajstić information content (AvgIpc) is 2.54. The van der Waals surface area contributed by atoms with Crippen molar-refractivity contribution in [3.8, 4) is 0 Å². The molecule has 1 saturated heterocycles. The summed E-state index contributed by atoms with van der Waals surface area (Å²) in [7, 11) is 1.92. The second-order valence-corrected chi connectivity index (χ2v) is 5.86. The van der Waals surface area contributed by atoms with Gasteiger partial charge in [0.25, 0.3) is 0 Å². The van der Waals surface area contributed by atoms with E-state index in [-0.39, 0.29) is 0 Å². The molecule has 1 fully saturated rings. The van der Waals surface area contributed by atoms with Gasteiger partial charge in [-0.3, -0.25) is 4.90 Å². The molecule has 1 unspecified atom stereocenters. The van der Waals surface area contributed by atoms with Gasteiger partial charge in [-0.2, -0.15) is 0 Å². The monoisotopic (exact) mass is 285 g/mol. The molecule has 4 nitrogen and oxygen atoms in total. The number of aromatic nitrogens is 1. The molecule has 2 heterocycles. The van der Waals surface area contributed by atoms with Crippen molar-refractivity contribution in [3.63, 3.8) is 0 Å². The molecule has 2 N–H and O–H groups in total. The highest BCUT2D eigenvalue weighted by Crippen LogP contribution is 2.24. The van der Waals surface area contributed by atoms with Crippen LogP contribution in [-0.4, -0.2) is 41.7 Å². The summed E-state index contributed by atoms with van der Waals surface area (Å²) in [5.41, 5.74) is 2.26. The van der Waals surface area contributed by atoms with Crippen LogP contribution in [-0.2, 0) is 6.54 Å². The summed E-state index contributed by atoms with van der Waals surface area (Å²) in [6.07, 6.45) is 2.31. The van der Waals surface area contributed by atoms with Crippen molar-refractivity contribution < 1.29 is 5.11 Å². The third-order valence-corrected chi connectivity index (χ3v) is 4.29. The number of benzene rings is 1. The topological polar surface area (TPSA) is 48.4 Å². The number of para-hydroxylation sites is 1. The maximum absolute atomic E-state index is 9.37. The second-order valence-electron chi connectivity index (χ2n) is 5.86. The summed E-state index contributed by atoms with van der Waals surface area (Å²) in [4.78, 5) is 7.14. The van der Waals surface area contributed by atoms with Crippen molar-refractivity contribution in [2.75, 3.05) is 32.1 Å². The Hall–Kier alpha value is -1.65. The molecule has 1 aliphatic heterocycles. The lowest BCUT2D eigenvalue weighted by Gasteiger charge is -2.32. The fourth-order valence-electron chi connectivity index (χ4n) is 3.18. The Morgan fingerprint density at radius 3 is 3.05 bits per heavy atom. The van der Waals surface area contributed by atoms with E-state index in [2.05, 4.69) is 28.4 Å². The SMILES string of the molecule is CNc1nc2ccccc2cc1CN1CCCC(CO)C1. The molecule has 1 atom stereocenters. The lowest BCUT2D eigenvalue weighted by Crippen LogP contribution is -2.36. The van der Waals surface area contributed by atoms with Crippen LogP contribution < -0.4 is 5.32 Å². The summed E-state index contributed by atoms with van der Waals surface area (Å²) in [6, 6.07) is 10.5. The Balaban J connectivity index is 1.85. The Bertz CT molecular complexity index is 614. The van der Waals surface area contributed by atoms with Gasteiger partial charge in [0.15, 0.2) is 0 Å². The lowest BCUT2D eigenvalue weighted by atomic mass is 9.98. The van der Waals surface area contributed by atoms with Gasteiger partial charge in [-0.15, -0.1) is 0 Å². The predicted molar refractivity (Wildman–Crippen MR) is 86.4 cm³/mol. The fraction of sp³-hybridized carbons (Fsp3) is 0.471. The van der Waals surface area contributed by atoms with Crippen molar-refractivity contribution >= 4 is 16.7 Å². The van der Waals surface area contributed by atoms with Gasteiger partial charge in [-0.05, 0) is 37.4 Å². The van der Waals surface area contributed by atoms with E-state index in [4.69, 9.17) is 4.98 Å². The van der Waals surface area contributed by atoms with Crippen molar-refractivity contribution in [2.24, 2.45) is 5.92 Å². The molecule has 0 bridgehead atoms. The van der Waals surface area contributed by atoms with Gasteiger partial charge in [0.1, 0.15) is 5.82 Å². The van der Waals surface area contributed by atoms with E-state index < -0.39 is 0 Å². The number of anilines is 1. The molecular weight excluding hydrogens is 262 g/mol. The second kappa shape index (κ2) is 6.41. The number of fused-ring (bicyclic) bond motifs is 1. The van der Waals surface area contributed by atoms with Crippen molar-refractivity contribution in [2.45, 2.75) is 19.4 Å². The fourth-order valence-corrected chi connectivity index (χ4v) is 3.18. The van der Waals surface area contributed by atoms with Gasteiger partial charge < -0.3 is 10.4 Å². The van der Waals surface area contributed by atoms with Crippen LogP contribution in [0.15, 0.2) is 30.3 Å². The minimum Gasteiger partial charge on any atom is -0.396 e. The van der Waals surface area contributed by atoms with Gasteiger partial charge in [-0.25, -0.2) is 4.98 Å². The first-order chi connectivity index (χ1) is 10.3. The molecule has 0 amide bonds. The van der Waals surface area contributed by atoms with Crippen LogP contribution in [0.2, 0.25) is 0 Å². The molecule has 3 rings (SSSR count). The number of pyridine rings is 1. The number of aliphatic hydroxyl groups excluding tert-OH is 1. The molecule has 112 valence electrons. The summed E-state index contributed by atoms with van der Waals surface area (Å²) < 4.78 is 0. The van der Waals surface area contributed by atoms with E-state index >= 15 is 0 Å². The van der Waals surface area contributed by atoms with Gasteiger partial charge in [0, 0.05) is 37.7 Å². The minimum atomic E-state index is 0.297. The summed E-state index contributed by atoms with van der Waals surface area (Å²) in [6.45, 7) is 3.27. The highest BCUT2D eigenvalue weighted by Gasteiger charge is 2.20. The van der Waals surface area contributed by atoms with Crippen LogP contribution in [0.4, 0.5) is 5.82 Å². The molecule has 4 heteroatoms. The van der Waals surface area contributed by atoms with Gasteiger partial charge in [0.2, 0.25) is 0 Å². The van der Waals surface area contributed by atoms with E-state index in [0.29, 0.717) is 12.5 Å². The largest absolute Gasteiger partial charge is 0.396 e. The highest BCUT2D eigenvalue weighted by molar-refractivity contribution is 5.81. The zero-order chi connectivity index (χ0) is 14.7. The molecule has 0 aliphatic carbocycles. The Morgan fingerprint density at radius 2 is 2.24 bits per heavy atom. The van der Waals surface area contributed by atoms with Crippen LogP contribution in [0.3, 0.4) is 0 Å². The van der Waals surface area contributed by atoms with Crippen LogP contribution in [0.5, 0.6) is 0 Å². The molecule has 0 radical (unpaired) electrons. The van der Waals surface area contributed by atoms with Gasteiger partial charge >= 0.3 is 0 Å². The molecule has 2 aromatic rings. The molecule has 1 aliphatic rings. The maximum atomic E-state index is 9.37. The van der Waals surface area contributed by atoms with Crippen molar-refractivity contribution in [1.82, 2.24) is 9.88 Å². The van der Waals surface area contributed by atoms with E-state index in [1.54, 1.807) is 0 Å². The third kappa shape index (κ3) is 3.17. The molecule has 0 saturated carbocycles. The first-order valence-electron chi connectivity index (χ1n) is 7.70. The quantitative estimate of drug-likeness (QED) is 0.906.